The van der Waals surface area contributed by atoms with Gasteiger partial charge >= 0.3 is 0 Å². The van der Waals surface area contributed by atoms with Gasteiger partial charge in [0.2, 0.25) is 0 Å². The van der Waals surface area contributed by atoms with Crippen LogP contribution in [0.5, 0.6) is 0 Å². The first kappa shape index (κ1) is 13.4. The summed E-state index contributed by atoms with van der Waals surface area (Å²) in [6.07, 6.45) is 0. The van der Waals surface area contributed by atoms with Crippen molar-refractivity contribution in [3.63, 3.8) is 0 Å². The Kier molecular flexibility index (Phi) is 4.07. The Hall–Kier alpha value is -2.00. The molecule has 0 unspecified atom stereocenters. The average molecular weight is 275 g/mol. The number of nitrogens with zero attached hydrogens (tertiary/aromatic N) is 1. The van der Waals surface area contributed by atoms with Crippen LogP contribution < -0.4 is 10.6 Å². The highest BCUT2D eigenvalue weighted by Crippen LogP contribution is 2.24. The number of carbonyl (C=O) groups is 1. The minimum atomic E-state index is -0.0860. The fourth-order valence-electron chi connectivity index (χ4n) is 1.90. The first-order valence-corrected chi connectivity index (χ1v) is 6.43. The van der Waals surface area contributed by atoms with E-state index in [2.05, 4.69) is 0 Å². The summed E-state index contributed by atoms with van der Waals surface area (Å²) in [4.78, 5) is 14.1. The van der Waals surface area contributed by atoms with Crippen molar-refractivity contribution in [3.05, 3.63) is 59.1 Å². The van der Waals surface area contributed by atoms with Gasteiger partial charge in [0.15, 0.2) is 0 Å². The van der Waals surface area contributed by atoms with Gasteiger partial charge < -0.3 is 10.6 Å². The second kappa shape index (κ2) is 5.76. The Labute approximate surface area is 117 Å². The van der Waals surface area contributed by atoms with E-state index in [1.807, 2.05) is 25.1 Å². The maximum atomic E-state index is 12.5. The molecule has 0 saturated carbocycles. The normalized spacial score (nSPS) is 10.2. The molecular weight excluding hydrogens is 260 g/mol. The maximum absolute atomic E-state index is 12.5. The molecule has 3 nitrogen and oxygen atoms in total. The van der Waals surface area contributed by atoms with Crippen molar-refractivity contribution < 1.29 is 4.79 Å². The molecule has 0 aliphatic rings. The summed E-state index contributed by atoms with van der Waals surface area (Å²) in [5, 5.41) is 0.610. The molecule has 0 spiro atoms. The van der Waals surface area contributed by atoms with Crippen LogP contribution >= 0.6 is 11.6 Å². The molecule has 2 aromatic rings. The van der Waals surface area contributed by atoms with E-state index in [4.69, 9.17) is 17.3 Å². The third-order valence-corrected chi connectivity index (χ3v) is 3.13. The lowest BCUT2D eigenvalue weighted by molar-refractivity contribution is 0.0988. The van der Waals surface area contributed by atoms with Crippen LogP contribution in [0.3, 0.4) is 0 Å². The van der Waals surface area contributed by atoms with Crippen LogP contribution in [-0.4, -0.2) is 12.5 Å². The van der Waals surface area contributed by atoms with Crippen molar-refractivity contribution in [2.24, 2.45) is 0 Å². The van der Waals surface area contributed by atoms with Gasteiger partial charge in [0.05, 0.1) is 11.4 Å². The molecule has 0 atom stereocenters. The van der Waals surface area contributed by atoms with Crippen molar-refractivity contribution in [2.45, 2.75) is 6.92 Å². The van der Waals surface area contributed by atoms with E-state index in [0.717, 1.165) is 5.69 Å². The molecule has 98 valence electrons. The zero-order chi connectivity index (χ0) is 13.8. The molecule has 0 aliphatic carbocycles. The van der Waals surface area contributed by atoms with Crippen LogP contribution in [0.25, 0.3) is 0 Å². The number of nitrogens with two attached hydrogens (primary N) is 1. The maximum Gasteiger partial charge on any atom is 0.258 e. The zero-order valence-corrected chi connectivity index (χ0v) is 11.4. The number of nitrogen functional groups attached to an aromatic ring is 1. The van der Waals surface area contributed by atoms with Crippen LogP contribution in [0.4, 0.5) is 11.4 Å². The second-order valence-electron chi connectivity index (χ2n) is 4.12. The molecule has 0 fully saturated rings. The first-order chi connectivity index (χ1) is 9.13. The molecule has 2 N–H and O–H groups in total. The van der Waals surface area contributed by atoms with Crippen LogP contribution in [-0.2, 0) is 0 Å². The molecule has 0 bridgehead atoms. The molecule has 0 radical (unpaired) electrons. The van der Waals surface area contributed by atoms with Gasteiger partial charge in [-0.15, -0.1) is 0 Å². The van der Waals surface area contributed by atoms with E-state index in [1.54, 1.807) is 35.2 Å². The minimum absolute atomic E-state index is 0.0860. The van der Waals surface area contributed by atoms with Gasteiger partial charge in [0.25, 0.3) is 5.91 Å². The lowest BCUT2D eigenvalue weighted by Gasteiger charge is -2.22. The molecule has 0 aliphatic heterocycles. The van der Waals surface area contributed by atoms with Gasteiger partial charge in [-0.1, -0.05) is 23.7 Å². The summed E-state index contributed by atoms with van der Waals surface area (Å²) in [5.74, 6) is -0.0860. The number of amides is 1. The summed E-state index contributed by atoms with van der Waals surface area (Å²) >= 11 is 5.83. The molecular formula is C15H15ClN2O. The molecule has 4 heteroatoms. The minimum Gasteiger partial charge on any atom is -0.397 e. The Bertz CT molecular complexity index is 581. The van der Waals surface area contributed by atoms with Gasteiger partial charge in [-0.2, -0.15) is 0 Å². The number of hydrogen-bond acceptors (Lipinski definition) is 2. The topological polar surface area (TPSA) is 46.3 Å². The van der Waals surface area contributed by atoms with E-state index in [1.165, 1.54) is 0 Å². The third-order valence-electron chi connectivity index (χ3n) is 2.88. The molecule has 0 heterocycles. The van der Waals surface area contributed by atoms with Gasteiger partial charge in [0, 0.05) is 17.1 Å². The summed E-state index contributed by atoms with van der Waals surface area (Å²) in [7, 11) is 0. The number of halogens is 1. The Morgan fingerprint density at radius 2 is 1.79 bits per heavy atom. The van der Waals surface area contributed by atoms with Crippen molar-refractivity contribution >= 4 is 28.9 Å². The fraction of sp³-hybridized carbons (Fsp3) is 0.133. The molecule has 2 aromatic carbocycles. The van der Waals surface area contributed by atoms with Crippen molar-refractivity contribution in [2.75, 3.05) is 17.2 Å². The van der Waals surface area contributed by atoms with Gasteiger partial charge in [-0.25, -0.2) is 0 Å². The predicted octanol–water partition coefficient (Wildman–Crippen LogP) is 3.59. The Morgan fingerprint density at radius 3 is 2.37 bits per heavy atom. The highest BCUT2D eigenvalue weighted by atomic mass is 35.5. The van der Waals surface area contributed by atoms with Crippen molar-refractivity contribution in [1.82, 2.24) is 0 Å². The molecule has 0 saturated heterocycles. The lowest BCUT2D eigenvalue weighted by atomic mass is 10.1. The highest BCUT2D eigenvalue weighted by molar-refractivity contribution is 6.30. The van der Waals surface area contributed by atoms with Crippen molar-refractivity contribution in [3.8, 4) is 0 Å². The zero-order valence-electron chi connectivity index (χ0n) is 10.6. The standard InChI is InChI=1S/C15H15ClN2O/c1-2-18(14-6-4-3-5-13(14)17)15(19)11-7-9-12(16)10-8-11/h3-10H,2,17H2,1H3. The summed E-state index contributed by atoms with van der Waals surface area (Å²) in [5.41, 5.74) is 7.83. The van der Waals surface area contributed by atoms with E-state index in [9.17, 15) is 4.79 Å². The summed E-state index contributed by atoms with van der Waals surface area (Å²) < 4.78 is 0. The Morgan fingerprint density at radius 1 is 1.16 bits per heavy atom. The highest BCUT2D eigenvalue weighted by Gasteiger charge is 2.17. The number of anilines is 2. The lowest BCUT2D eigenvalue weighted by Crippen LogP contribution is -2.31. The number of rotatable bonds is 3. The van der Waals surface area contributed by atoms with Crippen LogP contribution in [0, 0.1) is 0 Å². The van der Waals surface area contributed by atoms with Gasteiger partial charge in [-0.05, 0) is 43.3 Å². The second-order valence-corrected chi connectivity index (χ2v) is 4.55. The quantitative estimate of drug-likeness (QED) is 0.870. The van der Waals surface area contributed by atoms with Crippen LogP contribution in [0.2, 0.25) is 5.02 Å². The smallest absolute Gasteiger partial charge is 0.258 e. The van der Waals surface area contributed by atoms with E-state index < -0.39 is 0 Å². The predicted molar refractivity (Wildman–Crippen MR) is 79.7 cm³/mol. The van der Waals surface area contributed by atoms with Crippen LogP contribution in [0.15, 0.2) is 48.5 Å². The molecule has 1 amide bonds. The SMILES string of the molecule is CCN(C(=O)c1ccc(Cl)cc1)c1ccccc1N. The fourth-order valence-corrected chi connectivity index (χ4v) is 2.03. The van der Waals surface area contributed by atoms with Gasteiger partial charge in [-0.3, -0.25) is 4.79 Å². The number of carbonyl (C=O) groups excluding carboxylic acids is 1. The monoisotopic (exact) mass is 274 g/mol. The van der Waals surface area contributed by atoms with E-state index in [0.29, 0.717) is 22.8 Å². The number of hydrogen-bond donors (Lipinski definition) is 1. The molecule has 19 heavy (non-hydrogen) atoms. The van der Waals surface area contributed by atoms with E-state index in [-0.39, 0.29) is 5.91 Å². The van der Waals surface area contributed by atoms with Crippen molar-refractivity contribution in [1.29, 1.82) is 0 Å². The summed E-state index contributed by atoms with van der Waals surface area (Å²) in [6.45, 7) is 2.47. The number of para-hydroxylation sites is 2. The molecule has 0 aromatic heterocycles. The Balaban J connectivity index is 2.35. The van der Waals surface area contributed by atoms with Crippen LogP contribution in [0.1, 0.15) is 17.3 Å². The third kappa shape index (κ3) is 2.88. The average Bonchev–Trinajstić information content (AvgIpc) is 2.42. The summed E-state index contributed by atoms with van der Waals surface area (Å²) in [6, 6.07) is 14.2. The largest absolute Gasteiger partial charge is 0.397 e. The molecule has 2 rings (SSSR count). The number of benzene rings is 2. The first-order valence-electron chi connectivity index (χ1n) is 6.05. The van der Waals surface area contributed by atoms with Gasteiger partial charge in [0.1, 0.15) is 0 Å². The van der Waals surface area contributed by atoms with E-state index >= 15 is 0 Å².